The van der Waals surface area contributed by atoms with Gasteiger partial charge in [-0.05, 0) is 67.6 Å². The van der Waals surface area contributed by atoms with Crippen LogP contribution in [0.15, 0.2) is 71.6 Å². The Morgan fingerprint density at radius 1 is 0.906 bits per heavy atom. The van der Waals surface area contributed by atoms with Gasteiger partial charge in [-0.1, -0.05) is 61.9 Å². The first-order valence-corrected chi connectivity index (χ1v) is 12.0. The van der Waals surface area contributed by atoms with Gasteiger partial charge in [-0.25, -0.2) is 8.42 Å². The van der Waals surface area contributed by atoms with Gasteiger partial charge in [0, 0.05) is 0 Å². The highest BCUT2D eigenvalue weighted by Gasteiger charge is 2.32. The zero-order valence-corrected chi connectivity index (χ0v) is 19.9. The number of sulfonamides is 1. The van der Waals surface area contributed by atoms with Gasteiger partial charge in [-0.2, -0.15) is 4.31 Å². The molecule has 0 aliphatic heterocycles. The van der Waals surface area contributed by atoms with Gasteiger partial charge in [0.25, 0.3) is 15.9 Å². The number of aryl methyl sites for hydroxylation is 2. The molecule has 0 aromatic heterocycles. The molecular weight excluding hydrogens is 422 g/mol. The van der Waals surface area contributed by atoms with Crippen molar-refractivity contribution in [2.45, 2.75) is 45.4 Å². The lowest BCUT2D eigenvalue weighted by Gasteiger charge is -2.25. The third kappa shape index (κ3) is 4.86. The fourth-order valence-electron chi connectivity index (χ4n) is 3.46. The van der Waals surface area contributed by atoms with Crippen LogP contribution in [-0.2, 0) is 14.8 Å². The fraction of sp³-hybridized carbons (Fsp3) is 0.269. The van der Waals surface area contributed by atoms with Crippen molar-refractivity contribution in [1.29, 1.82) is 0 Å². The van der Waals surface area contributed by atoms with Crippen LogP contribution in [0, 0.1) is 20.8 Å². The number of ether oxygens (including phenoxy) is 1. The van der Waals surface area contributed by atoms with Gasteiger partial charge >= 0.3 is 0 Å². The average Bonchev–Trinajstić information content (AvgIpc) is 2.75. The molecule has 0 aliphatic rings. The zero-order chi connectivity index (χ0) is 23.5. The van der Waals surface area contributed by atoms with E-state index in [4.69, 9.17) is 4.74 Å². The van der Waals surface area contributed by atoms with E-state index in [1.165, 1.54) is 12.1 Å². The van der Waals surface area contributed by atoms with Gasteiger partial charge in [0.15, 0.2) is 6.61 Å². The molecule has 0 aliphatic carbocycles. The number of hydrogen-bond donors (Lipinski definition) is 0. The van der Waals surface area contributed by atoms with Crippen molar-refractivity contribution in [2.75, 3.05) is 10.9 Å². The number of hydrogen-bond acceptors (Lipinski definition) is 4. The van der Waals surface area contributed by atoms with E-state index in [0.717, 1.165) is 26.6 Å². The summed E-state index contributed by atoms with van der Waals surface area (Å²) in [6.45, 7) is 9.24. The minimum absolute atomic E-state index is 0.0555. The summed E-state index contributed by atoms with van der Waals surface area (Å²) in [6, 6.07) is 19.2. The smallest absolute Gasteiger partial charge is 0.278 e. The lowest BCUT2D eigenvalue weighted by atomic mass is 10.0. The summed E-state index contributed by atoms with van der Waals surface area (Å²) >= 11 is 0. The van der Waals surface area contributed by atoms with Gasteiger partial charge < -0.3 is 4.74 Å². The summed E-state index contributed by atoms with van der Waals surface area (Å²) in [5.74, 6) is 0.120. The summed E-state index contributed by atoms with van der Waals surface area (Å²) in [5.41, 5.74) is 3.84. The molecule has 0 fully saturated rings. The molecule has 5 nitrogen and oxygen atoms in total. The average molecular weight is 452 g/mol. The SMILES string of the molecule is Cc1ccc(S(=O)(=O)N(C(=O)COc2ccccc2C(C)C)c2cccc(C)c2C)cc1. The van der Waals surface area contributed by atoms with E-state index in [1.54, 1.807) is 30.3 Å². The van der Waals surface area contributed by atoms with E-state index in [2.05, 4.69) is 0 Å². The minimum Gasteiger partial charge on any atom is -0.483 e. The van der Waals surface area contributed by atoms with E-state index in [-0.39, 0.29) is 10.8 Å². The van der Waals surface area contributed by atoms with Crippen molar-refractivity contribution in [1.82, 2.24) is 0 Å². The Morgan fingerprint density at radius 2 is 1.56 bits per heavy atom. The molecule has 1 amide bonds. The van der Waals surface area contributed by atoms with E-state index < -0.39 is 22.5 Å². The second-order valence-electron chi connectivity index (χ2n) is 8.18. The second kappa shape index (κ2) is 9.57. The van der Waals surface area contributed by atoms with E-state index in [9.17, 15) is 13.2 Å². The highest BCUT2D eigenvalue weighted by atomic mass is 32.2. The van der Waals surface area contributed by atoms with Crippen molar-refractivity contribution >= 4 is 21.6 Å². The predicted octanol–water partition coefficient (Wildman–Crippen LogP) is 5.54. The van der Waals surface area contributed by atoms with E-state index in [1.807, 2.05) is 58.9 Å². The molecule has 0 saturated heterocycles. The lowest BCUT2D eigenvalue weighted by Crippen LogP contribution is -2.40. The maximum absolute atomic E-state index is 13.6. The predicted molar refractivity (Wildman–Crippen MR) is 128 cm³/mol. The molecule has 3 rings (SSSR count). The molecule has 6 heteroatoms. The molecule has 3 aromatic rings. The highest BCUT2D eigenvalue weighted by molar-refractivity contribution is 7.93. The van der Waals surface area contributed by atoms with Gasteiger partial charge in [0.05, 0.1) is 10.6 Å². The molecule has 0 unspecified atom stereocenters. The van der Waals surface area contributed by atoms with Crippen LogP contribution in [0.5, 0.6) is 5.75 Å². The van der Waals surface area contributed by atoms with Crippen LogP contribution in [0.1, 0.15) is 42.0 Å². The number of para-hydroxylation sites is 1. The van der Waals surface area contributed by atoms with Crippen LogP contribution in [0.2, 0.25) is 0 Å². The van der Waals surface area contributed by atoms with Gasteiger partial charge in [0.1, 0.15) is 5.75 Å². The number of amides is 1. The number of nitrogens with zero attached hydrogens (tertiary/aromatic N) is 1. The Kier molecular flexibility index (Phi) is 7.04. The van der Waals surface area contributed by atoms with Gasteiger partial charge in [0.2, 0.25) is 0 Å². The monoisotopic (exact) mass is 451 g/mol. The lowest BCUT2D eigenvalue weighted by molar-refractivity contribution is -0.119. The topological polar surface area (TPSA) is 63.7 Å². The van der Waals surface area contributed by atoms with Crippen LogP contribution < -0.4 is 9.04 Å². The molecular formula is C26H29NO4S. The number of rotatable bonds is 7. The fourth-order valence-corrected chi connectivity index (χ4v) is 4.92. The van der Waals surface area contributed by atoms with Gasteiger partial charge in [-0.15, -0.1) is 0 Å². The van der Waals surface area contributed by atoms with Crippen molar-refractivity contribution in [3.8, 4) is 5.75 Å². The number of carbonyl (C=O) groups is 1. The molecule has 0 atom stereocenters. The first kappa shape index (κ1) is 23.5. The van der Waals surface area contributed by atoms with E-state index in [0.29, 0.717) is 11.4 Å². The standard InChI is InChI=1S/C26H29NO4S/c1-18(2)23-10-6-7-12-25(23)31-17-26(28)27(24-11-8-9-20(4)21(24)5)32(29,30)22-15-13-19(3)14-16-22/h6-16,18H,17H2,1-5H3. The Hall–Kier alpha value is -3.12. The molecule has 0 heterocycles. The van der Waals surface area contributed by atoms with Crippen LogP contribution >= 0.6 is 0 Å². The molecule has 3 aromatic carbocycles. The Labute approximate surface area is 190 Å². The normalized spacial score (nSPS) is 11.4. The van der Waals surface area contributed by atoms with Crippen molar-refractivity contribution in [3.05, 3.63) is 89.0 Å². The summed E-state index contributed by atoms with van der Waals surface area (Å²) in [4.78, 5) is 13.4. The maximum Gasteiger partial charge on any atom is 0.278 e. The molecule has 168 valence electrons. The molecule has 0 saturated carbocycles. The number of carbonyl (C=O) groups excluding carboxylic acids is 1. The third-order valence-corrected chi connectivity index (χ3v) is 7.22. The first-order chi connectivity index (χ1) is 15.1. The minimum atomic E-state index is -4.14. The Bertz CT molecular complexity index is 1210. The molecule has 0 bridgehead atoms. The van der Waals surface area contributed by atoms with Crippen LogP contribution in [0.25, 0.3) is 0 Å². The number of benzene rings is 3. The van der Waals surface area contributed by atoms with Crippen molar-refractivity contribution < 1.29 is 17.9 Å². The largest absolute Gasteiger partial charge is 0.483 e. The zero-order valence-electron chi connectivity index (χ0n) is 19.1. The van der Waals surface area contributed by atoms with Crippen molar-refractivity contribution in [2.24, 2.45) is 0 Å². The molecule has 0 N–H and O–H groups in total. The summed E-state index contributed by atoms with van der Waals surface area (Å²) in [5, 5.41) is 0. The second-order valence-corrected chi connectivity index (χ2v) is 9.96. The maximum atomic E-state index is 13.6. The molecule has 0 radical (unpaired) electrons. The van der Waals surface area contributed by atoms with Crippen LogP contribution in [0.3, 0.4) is 0 Å². The van der Waals surface area contributed by atoms with Crippen molar-refractivity contribution in [3.63, 3.8) is 0 Å². The quantitative estimate of drug-likeness (QED) is 0.473. The summed E-state index contributed by atoms with van der Waals surface area (Å²) in [6.07, 6.45) is 0. The van der Waals surface area contributed by atoms with Gasteiger partial charge in [-0.3, -0.25) is 4.79 Å². The molecule has 32 heavy (non-hydrogen) atoms. The summed E-state index contributed by atoms with van der Waals surface area (Å²) < 4.78 is 33.9. The number of anilines is 1. The van der Waals surface area contributed by atoms with Crippen LogP contribution in [0.4, 0.5) is 5.69 Å². The summed E-state index contributed by atoms with van der Waals surface area (Å²) in [7, 11) is -4.14. The first-order valence-electron chi connectivity index (χ1n) is 10.6. The Balaban J connectivity index is 2.02. The van der Waals surface area contributed by atoms with Crippen LogP contribution in [-0.4, -0.2) is 20.9 Å². The highest BCUT2D eigenvalue weighted by Crippen LogP contribution is 2.30. The Morgan fingerprint density at radius 3 is 2.22 bits per heavy atom. The molecule has 0 spiro atoms. The third-order valence-electron chi connectivity index (χ3n) is 5.47. The van der Waals surface area contributed by atoms with E-state index >= 15 is 0 Å².